The van der Waals surface area contributed by atoms with E-state index in [0.29, 0.717) is 12.0 Å². The van der Waals surface area contributed by atoms with Gasteiger partial charge in [0.05, 0.1) is 0 Å². The number of fused-ring (bicyclic) bond motifs is 1. The summed E-state index contributed by atoms with van der Waals surface area (Å²) in [5, 5.41) is 3.96. The second kappa shape index (κ2) is 3.94. The van der Waals surface area contributed by atoms with Crippen LogP contribution in [0.3, 0.4) is 0 Å². The van der Waals surface area contributed by atoms with Gasteiger partial charge in [-0.2, -0.15) is 11.8 Å². The minimum absolute atomic E-state index is 0.356. The summed E-state index contributed by atoms with van der Waals surface area (Å²) < 4.78 is 10.7. The number of hydrogen-bond acceptors (Lipinski definition) is 4. The molecule has 0 bridgehead atoms. The summed E-state index contributed by atoms with van der Waals surface area (Å²) >= 11 is 2.00. The van der Waals surface area contributed by atoms with Crippen LogP contribution in [-0.4, -0.2) is 25.6 Å². The zero-order valence-corrected chi connectivity index (χ0v) is 9.18. The number of rotatable bonds is 1. The van der Waals surface area contributed by atoms with Crippen molar-refractivity contribution in [3.63, 3.8) is 0 Å². The first-order valence-electron chi connectivity index (χ1n) is 5.15. The van der Waals surface area contributed by atoms with E-state index in [9.17, 15) is 0 Å². The molecule has 3 nitrogen and oxygen atoms in total. The lowest BCUT2D eigenvalue weighted by Gasteiger charge is -2.22. The molecule has 1 aromatic carbocycles. The fraction of sp³-hybridized carbons (Fsp3) is 0.455. The molecule has 0 spiro atoms. The summed E-state index contributed by atoms with van der Waals surface area (Å²) in [5.41, 5.74) is 1.33. The molecule has 1 atom stereocenters. The van der Waals surface area contributed by atoms with Crippen molar-refractivity contribution < 1.29 is 9.47 Å². The molecule has 2 aliphatic rings. The van der Waals surface area contributed by atoms with E-state index in [4.69, 9.17) is 9.47 Å². The zero-order valence-electron chi connectivity index (χ0n) is 8.36. The van der Waals surface area contributed by atoms with Gasteiger partial charge < -0.3 is 14.8 Å². The molecule has 1 aromatic rings. The van der Waals surface area contributed by atoms with Crippen molar-refractivity contribution in [2.45, 2.75) is 5.25 Å². The van der Waals surface area contributed by atoms with Crippen molar-refractivity contribution >= 4 is 11.8 Å². The molecule has 0 amide bonds. The summed E-state index contributed by atoms with van der Waals surface area (Å²) in [6.45, 7) is 2.52. The van der Waals surface area contributed by atoms with E-state index < -0.39 is 0 Å². The Labute approximate surface area is 93.1 Å². The molecule has 1 fully saturated rings. The standard InChI is InChI=1S/C11H13NO2S/c1-2-9-10(14-7-13-9)5-8(1)11-6-12-3-4-15-11/h1-2,5,11-12H,3-4,6-7H2. The molecule has 1 N–H and O–H groups in total. The maximum Gasteiger partial charge on any atom is 0.231 e. The van der Waals surface area contributed by atoms with Gasteiger partial charge in [-0.25, -0.2) is 0 Å². The van der Waals surface area contributed by atoms with Crippen LogP contribution in [0.5, 0.6) is 11.5 Å². The van der Waals surface area contributed by atoms with Crippen LogP contribution in [0, 0.1) is 0 Å². The molecule has 2 aliphatic heterocycles. The molecular weight excluding hydrogens is 210 g/mol. The molecule has 0 saturated carbocycles. The zero-order chi connectivity index (χ0) is 10.1. The second-order valence-electron chi connectivity index (χ2n) is 3.68. The molecule has 80 valence electrons. The molecule has 4 heteroatoms. The maximum atomic E-state index is 5.38. The SMILES string of the molecule is c1cc2c(cc1C1CNCCS1)OCO2. The van der Waals surface area contributed by atoms with Crippen LogP contribution < -0.4 is 14.8 Å². The third-order valence-electron chi connectivity index (χ3n) is 2.70. The van der Waals surface area contributed by atoms with Gasteiger partial charge >= 0.3 is 0 Å². The second-order valence-corrected chi connectivity index (χ2v) is 4.99. The van der Waals surface area contributed by atoms with E-state index in [1.165, 1.54) is 11.3 Å². The van der Waals surface area contributed by atoms with Crippen LogP contribution >= 0.6 is 11.8 Å². The lowest BCUT2D eigenvalue weighted by molar-refractivity contribution is 0.174. The Kier molecular flexibility index (Phi) is 2.46. The van der Waals surface area contributed by atoms with Gasteiger partial charge in [0, 0.05) is 24.1 Å². The third kappa shape index (κ3) is 1.79. The van der Waals surface area contributed by atoms with Gasteiger partial charge in [-0.3, -0.25) is 0 Å². The van der Waals surface area contributed by atoms with E-state index >= 15 is 0 Å². The Balaban J connectivity index is 1.85. The fourth-order valence-electron chi connectivity index (χ4n) is 1.89. The summed E-state index contributed by atoms with van der Waals surface area (Å²) in [4.78, 5) is 0. The lowest BCUT2D eigenvalue weighted by Crippen LogP contribution is -2.28. The molecule has 0 aliphatic carbocycles. The summed E-state index contributed by atoms with van der Waals surface area (Å²) in [6, 6.07) is 6.25. The van der Waals surface area contributed by atoms with Gasteiger partial charge in [0.1, 0.15) is 0 Å². The highest BCUT2D eigenvalue weighted by Gasteiger charge is 2.19. The van der Waals surface area contributed by atoms with E-state index in [-0.39, 0.29) is 0 Å². The smallest absolute Gasteiger partial charge is 0.231 e. The lowest BCUT2D eigenvalue weighted by atomic mass is 10.1. The minimum atomic E-state index is 0.356. The van der Waals surface area contributed by atoms with E-state index in [1.807, 2.05) is 17.8 Å². The molecule has 3 rings (SSSR count). The Morgan fingerprint density at radius 3 is 3.07 bits per heavy atom. The van der Waals surface area contributed by atoms with Crippen molar-refractivity contribution in [3.05, 3.63) is 23.8 Å². The summed E-state index contributed by atoms with van der Waals surface area (Å²) in [7, 11) is 0. The van der Waals surface area contributed by atoms with Crippen molar-refractivity contribution in [3.8, 4) is 11.5 Å². The van der Waals surface area contributed by atoms with E-state index in [0.717, 1.165) is 24.6 Å². The van der Waals surface area contributed by atoms with Gasteiger partial charge in [-0.1, -0.05) is 6.07 Å². The molecule has 2 heterocycles. The van der Waals surface area contributed by atoms with Crippen molar-refractivity contribution in [2.24, 2.45) is 0 Å². The maximum absolute atomic E-state index is 5.38. The van der Waals surface area contributed by atoms with Gasteiger partial charge in [-0.05, 0) is 17.7 Å². The first-order valence-corrected chi connectivity index (χ1v) is 6.20. The van der Waals surface area contributed by atoms with Crippen molar-refractivity contribution in [1.29, 1.82) is 0 Å². The number of ether oxygens (including phenoxy) is 2. The van der Waals surface area contributed by atoms with Crippen molar-refractivity contribution in [1.82, 2.24) is 5.32 Å². The molecule has 1 saturated heterocycles. The highest BCUT2D eigenvalue weighted by atomic mass is 32.2. The predicted molar refractivity (Wildman–Crippen MR) is 60.6 cm³/mol. The van der Waals surface area contributed by atoms with Gasteiger partial charge in [0.2, 0.25) is 6.79 Å². The third-order valence-corrected chi connectivity index (χ3v) is 3.98. The monoisotopic (exact) mass is 223 g/mol. The fourth-order valence-corrected chi connectivity index (χ4v) is 3.01. The Morgan fingerprint density at radius 2 is 2.20 bits per heavy atom. The number of nitrogens with one attached hydrogen (secondary N) is 1. The van der Waals surface area contributed by atoms with Gasteiger partial charge in [0.15, 0.2) is 11.5 Å². The van der Waals surface area contributed by atoms with Crippen LogP contribution in [0.4, 0.5) is 0 Å². The Hall–Kier alpha value is -0.870. The van der Waals surface area contributed by atoms with Gasteiger partial charge in [0.25, 0.3) is 0 Å². The molecule has 0 radical (unpaired) electrons. The van der Waals surface area contributed by atoms with Crippen LogP contribution in [-0.2, 0) is 0 Å². The largest absolute Gasteiger partial charge is 0.454 e. The number of hydrogen-bond donors (Lipinski definition) is 1. The van der Waals surface area contributed by atoms with Crippen LogP contribution in [0.25, 0.3) is 0 Å². The molecule has 15 heavy (non-hydrogen) atoms. The minimum Gasteiger partial charge on any atom is -0.454 e. The first-order chi connectivity index (χ1) is 7.43. The Bertz CT molecular complexity index is 364. The molecule has 1 unspecified atom stereocenters. The van der Waals surface area contributed by atoms with Crippen LogP contribution in [0.1, 0.15) is 10.8 Å². The average molecular weight is 223 g/mol. The normalized spacial score (nSPS) is 24.1. The van der Waals surface area contributed by atoms with Crippen LogP contribution in [0.15, 0.2) is 18.2 Å². The van der Waals surface area contributed by atoms with Crippen LogP contribution in [0.2, 0.25) is 0 Å². The predicted octanol–water partition coefficient (Wildman–Crippen LogP) is 1.79. The number of thioether (sulfide) groups is 1. The summed E-state index contributed by atoms with van der Waals surface area (Å²) in [5.74, 6) is 2.94. The summed E-state index contributed by atoms with van der Waals surface area (Å²) in [6.07, 6.45) is 0. The molecule has 0 aromatic heterocycles. The topological polar surface area (TPSA) is 30.5 Å². The van der Waals surface area contributed by atoms with Gasteiger partial charge in [-0.15, -0.1) is 0 Å². The highest BCUT2D eigenvalue weighted by molar-refractivity contribution is 7.99. The average Bonchev–Trinajstić information content (AvgIpc) is 2.77. The Morgan fingerprint density at radius 1 is 1.27 bits per heavy atom. The van der Waals surface area contributed by atoms with Crippen molar-refractivity contribution in [2.75, 3.05) is 25.6 Å². The first kappa shape index (κ1) is 9.36. The molecular formula is C11H13NO2S. The number of benzene rings is 1. The highest BCUT2D eigenvalue weighted by Crippen LogP contribution is 2.38. The van der Waals surface area contributed by atoms with E-state index in [2.05, 4.69) is 17.4 Å². The quantitative estimate of drug-likeness (QED) is 0.786. The van der Waals surface area contributed by atoms with E-state index in [1.54, 1.807) is 0 Å².